The Morgan fingerprint density at radius 2 is 0.987 bits per heavy atom. The van der Waals surface area contributed by atoms with E-state index in [1.807, 2.05) is 13.8 Å². The van der Waals surface area contributed by atoms with Crippen molar-refractivity contribution in [1.29, 1.82) is 0 Å². The number of esters is 4. The van der Waals surface area contributed by atoms with Crippen LogP contribution in [0.2, 0.25) is 0 Å². The van der Waals surface area contributed by atoms with Gasteiger partial charge >= 0.3 is 59.4 Å². The first-order valence-corrected chi connectivity index (χ1v) is 28.8. The minimum absolute atomic E-state index is 0. The van der Waals surface area contributed by atoms with Gasteiger partial charge in [-0.25, -0.2) is 8.78 Å². The summed E-state index contributed by atoms with van der Waals surface area (Å²) in [5.41, 5.74) is 0. The predicted molar refractivity (Wildman–Crippen MR) is 284 cm³/mol. The Hall–Kier alpha value is -1.91. The van der Waals surface area contributed by atoms with Gasteiger partial charge in [0.15, 0.2) is 12.6 Å². The molecule has 449 valence electrons. The van der Waals surface area contributed by atoms with E-state index in [0.717, 1.165) is 110 Å². The van der Waals surface area contributed by atoms with Crippen LogP contribution in [0.5, 0.6) is 0 Å². The van der Waals surface area contributed by atoms with Gasteiger partial charge in [0.05, 0.1) is 26.4 Å². The standard InChI is InChI=1S/C28H48F2O7.C28H46F2O7.CH4O.B.Na.H/c2*1-4-5-17-28(29,30)25(32)16-15-22-21(12-8-6-7-9-13-26(33)34-3)23(36-20(2)31)19-24(22)37-27-14-10-11-18-35-27;1-2;;;/h21-25,27,32H,4-19H2,1-3H3;21-24,27H,4-19H2,1-3H3;2H,1H3;;;/q;;;;+1;-1/t21-,22-,23+,24-,25?,27?;21-,22-,23+,24-,27?;;;;/m11..../s1. The molecule has 11 atom stereocenters. The summed E-state index contributed by atoms with van der Waals surface area (Å²) in [6.07, 6.45) is 13.2. The van der Waals surface area contributed by atoms with Crippen molar-refractivity contribution in [2.75, 3.05) is 34.5 Å². The fourth-order valence-electron chi connectivity index (χ4n) is 11.3. The maximum Gasteiger partial charge on any atom is 1.00 e. The molecule has 3 unspecified atom stereocenters. The van der Waals surface area contributed by atoms with Crippen molar-refractivity contribution in [2.45, 2.75) is 275 Å². The number of alkyl halides is 4. The molecule has 2 aliphatic heterocycles. The van der Waals surface area contributed by atoms with Crippen molar-refractivity contribution in [3.05, 3.63) is 0 Å². The molecule has 0 aromatic carbocycles. The first-order valence-electron chi connectivity index (χ1n) is 28.8. The molecule has 0 aromatic heterocycles. The molecule has 2 heterocycles. The van der Waals surface area contributed by atoms with Crippen molar-refractivity contribution in [1.82, 2.24) is 0 Å². The number of carbonyl (C=O) groups excluding carboxylic acids is 5. The minimum Gasteiger partial charge on any atom is -1.00 e. The monoisotopic (exact) mass is 1130 g/mol. The van der Waals surface area contributed by atoms with E-state index in [9.17, 15) is 46.6 Å². The summed E-state index contributed by atoms with van der Waals surface area (Å²) in [5, 5.41) is 17.4. The molecule has 2 saturated heterocycles. The van der Waals surface area contributed by atoms with Crippen LogP contribution in [0.4, 0.5) is 17.6 Å². The third kappa shape index (κ3) is 29.4. The number of methoxy groups -OCH3 is 2. The van der Waals surface area contributed by atoms with Gasteiger partial charge in [0, 0.05) is 99.4 Å². The van der Waals surface area contributed by atoms with E-state index < -0.39 is 30.2 Å². The van der Waals surface area contributed by atoms with Crippen LogP contribution in [0.1, 0.15) is 222 Å². The van der Waals surface area contributed by atoms with Crippen LogP contribution in [0.3, 0.4) is 0 Å². The Labute approximate surface area is 489 Å². The molecular formula is C57H99BF4NaO15. The van der Waals surface area contributed by atoms with Crippen molar-refractivity contribution in [3.63, 3.8) is 0 Å². The molecular weight excluding hydrogens is 1030 g/mol. The summed E-state index contributed by atoms with van der Waals surface area (Å²) < 4.78 is 103. The molecule has 3 radical (unpaired) electrons. The molecule has 4 fully saturated rings. The summed E-state index contributed by atoms with van der Waals surface area (Å²) >= 11 is 0. The second-order valence-corrected chi connectivity index (χ2v) is 21.1. The van der Waals surface area contributed by atoms with E-state index in [4.69, 9.17) is 33.5 Å². The van der Waals surface area contributed by atoms with Crippen LogP contribution in [0.25, 0.3) is 0 Å². The molecule has 4 rings (SSSR count). The van der Waals surface area contributed by atoms with E-state index >= 15 is 0 Å². The summed E-state index contributed by atoms with van der Waals surface area (Å²) in [7, 11) is 3.75. The van der Waals surface area contributed by atoms with E-state index in [-0.39, 0.29) is 150 Å². The van der Waals surface area contributed by atoms with Gasteiger partial charge in [-0.3, -0.25) is 24.0 Å². The first kappa shape index (κ1) is 76.1. The van der Waals surface area contributed by atoms with E-state index in [0.29, 0.717) is 71.0 Å². The predicted octanol–water partition coefficient (Wildman–Crippen LogP) is 8.44. The molecule has 0 amide bonds. The topological polar surface area (TPSA) is 200 Å². The maximum absolute atomic E-state index is 14.5. The van der Waals surface area contributed by atoms with Gasteiger partial charge in [0.2, 0.25) is 5.78 Å². The molecule has 0 bridgehead atoms. The van der Waals surface area contributed by atoms with Gasteiger partial charge in [-0.1, -0.05) is 65.2 Å². The Morgan fingerprint density at radius 1 is 0.577 bits per heavy atom. The van der Waals surface area contributed by atoms with Crippen molar-refractivity contribution in [2.24, 2.45) is 23.7 Å². The normalized spacial score (nSPS) is 25.3. The van der Waals surface area contributed by atoms with E-state index in [2.05, 4.69) is 9.47 Å². The number of unbranched alkanes of at least 4 members (excludes halogenated alkanes) is 8. The van der Waals surface area contributed by atoms with Crippen molar-refractivity contribution in [3.8, 4) is 0 Å². The van der Waals surface area contributed by atoms with Crippen LogP contribution in [-0.4, -0.2) is 138 Å². The second-order valence-electron chi connectivity index (χ2n) is 21.1. The average Bonchev–Trinajstić information content (AvgIpc) is 3.90. The van der Waals surface area contributed by atoms with Crippen LogP contribution < -0.4 is 29.6 Å². The van der Waals surface area contributed by atoms with Gasteiger partial charge in [0.1, 0.15) is 18.3 Å². The number of ketones is 1. The second kappa shape index (κ2) is 42.8. The van der Waals surface area contributed by atoms with Gasteiger partial charge in [0.25, 0.3) is 5.92 Å². The van der Waals surface area contributed by atoms with E-state index in [1.54, 1.807) is 0 Å². The van der Waals surface area contributed by atoms with Gasteiger partial charge in [-0.05, 0) is 108 Å². The minimum atomic E-state index is -3.32. The summed E-state index contributed by atoms with van der Waals surface area (Å²) in [6.45, 7) is 7.68. The van der Waals surface area contributed by atoms with Crippen LogP contribution in [0, 0.1) is 23.7 Å². The molecule has 78 heavy (non-hydrogen) atoms. The number of rotatable bonds is 34. The molecule has 15 nitrogen and oxygen atoms in total. The van der Waals surface area contributed by atoms with Gasteiger partial charge in [-0.2, -0.15) is 8.78 Å². The molecule has 2 N–H and O–H groups in total. The number of aliphatic hydroxyl groups is 2. The van der Waals surface area contributed by atoms with Crippen molar-refractivity contribution >= 4 is 38.1 Å². The molecule has 0 spiro atoms. The number of hydrogen-bond acceptors (Lipinski definition) is 15. The maximum atomic E-state index is 14.5. The number of halogens is 4. The Balaban J connectivity index is 0. The Morgan fingerprint density at radius 3 is 1.38 bits per heavy atom. The van der Waals surface area contributed by atoms with Crippen molar-refractivity contribution < 1.29 is 121 Å². The van der Waals surface area contributed by atoms with Crippen LogP contribution in [-0.2, 0) is 61.9 Å². The number of aliphatic hydroxyl groups excluding tert-OH is 2. The zero-order chi connectivity index (χ0) is 56.5. The zero-order valence-electron chi connectivity index (χ0n) is 49.8. The average molecular weight is 1130 g/mol. The Bertz CT molecular complexity index is 1630. The largest absolute Gasteiger partial charge is 1.00 e. The Kier molecular flexibility index (Phi) is 41.8. The number of hydrogen-bond donors (Lipinski definition) is 2. The smallest absolute Gasteiger partial charge is 1.00 e. The summed E-state index contributed by atoms with van der Waals surface area (Å²) in [5.74, 6) is -9.10. The fraction of sp³-hybridized carbons (Fsp3) is 0.912. The molecule has 0 aromatic rings. The molecule has 4 aliphatic rings. The SMILES string of the molecule is CCCCC(F)(F)C(=O)CC[C@@H]1[C@@H](CCCCCCC(=O)OC)[C@@H](OC(C)=O)C[C@H]1OC1CCCCO1.CCCCC(F)(F)C(O)CC[C@@H]1[C@@H](CCCCCCC(=O)OC)[C@@H](OC(C)=O)C[C@H]1OC1CCCCO1.CO.[B].[H-].[Na+]. The van der Waals surface area contributed by atoms with Crippen LogP contribution in [0.15, 0.2) is 0 Å². The number of ether oxygens (including phenoxy) is 8. The molecule has 2 aliphatic carbocycles. The van der Waals surface area contributed by atoms with Crippen LogP contribution >= 0.6 is 0 Å². The molecule has 21 heteroatoms. The zero-order valence-corrected chi connectivity index (χ0v) is 50.8. The van der Waals surface area contributed by atoms with Gasteiger partial charge in [-0.15, -0.1) is 0 Å². The third-order valence-corrected chi connectivity index (χ3v) is 15.4. The summed E-state index contributed by atoms with van der Waals surface area (Å²) in [4.78, 5) is 58.9. The third-order valence-electron chi connectivity index (χ3n) is 15.4. The number of Topliss-reactive ketones (excluding diaryl/α,β-unsaturated/α-hetero) is 1. The number of carbonyl (C=O) groups is 5. The summed E-state index contributed by atoms with van der Waals surface area (Å²) in [6, 6.07) is 0. The van der Waals surface area contributed by atoms with E-state index in [1.165, 1.54) is 28.1 Å². The fourth-order valence-corrected chi connectivity index (χ4v) is 11.3. The van der Waals surface area contributed by atoms with Gasteiger partial charge < -0.3 is 49.5 Å². The molecule has 2 saturated carbocycles. The first-order chi connectivity index (χ1) is 36.3. The quantitative estimate of drug-likeness (QED) is 0.0204.